The minimum atomic E-state index is -6.35. The molecule has 1 atom stereocenters. The van der Waals surface area contributed by atoms with Crippen LogP contribution in [0, 0.1) is 0 Å². The molecule has 1 rings (SSSR count). The van der Waals surface area contributed by atoms with E-state index in [-0.39, 0.29) is 12.4 Å². The smallest absolute Gasteiger partial charge is 0.459 e. The number of methoxy groups -OCH3 is 1. The van der Waals surface area contributed by atoms with Crippen LogP contribution in [0.3, 0.4) is 0 Å². The summed E-state index contributed by atoms with van der Waals surface area (Å²) in [5, 5.41) is 9.94. The summed E-state index contributed by atoms with van der Waals surface area (Å²) in [6, 6.07) is 6.28. The van der Waals surface area contributed by atoms with Crippen molar-refractivity contribution in [3.63, 3.8) is 0 Å². The Morgan fingerprint density at radius 3 is 2.11 bits per heavy atom. The van der Waals surface area contributed by atoms with Crippen molar-refractivity contribution >= 4 is 5.97 Å². The Morgan fingerprint density at radius 2 is 1.61 bits per heavy atom. The fourth-order valence-corrected chi connectivity index (χ4v) is 2.49. The summed E-state index contributed by atoms with van der Waals surface area (Å²) in [6.45, 7) is 0. The molecule has 0 bridgehead atoms. The van der Waals surface area contributed by atoms with Gasteiger partial charge < -0.3 is 9.84 Å². The number of carbonyl (C=O) groups excluding carboxylic acids is 1. The predicted octanol–water partition coefficient (Wildman–Crippen LogP) is 5.22. The van der Waals surface area contributed by atoms with Crippen molar-refractivity contribution in [3.05, 3.63) is 35.4 Å². The van der Waals surface area contributed by atoms with Crippen molar-refractivity contribution in [2.24, 2.45) is 0 Å². The van der Waals surface area contributed by atoms with Crippen molar-refractivity contribution in [1.82, 2.24) is 0 Å². The van der Waals surface area contributed by atoms with Crippen molar-refractivity contribution in [2.45, 2.75) is 62.7 Å². The number of esters is 1. The number of hydrogen-bond donors (Lipinski definition) is 1. The molecule has 1 aromatic carbocycles. The molecule has 0 fully saturated rings. The Kier molecular flexibility index (Phi) is 8.28. The molecule has 160 valence electrons. The zero-order valence-electron chi connectivity index (χ0n) is 15.0. The number of halogens is 7. The largest absolute Gasteiger partial charge is 0.469 e. The van der Waals surface area contributed by atoms with Crippen molar-refractivity contribution in [1.29, 1.82) is 0 Å². The molecule has 0 radical (unpaired) electrons. The summed E-state index contributed by atoms with van der Waals surface area (Å²) < 4.78 is 92.8. The summed E-state index contributed by atoms with van der Waals surface area (Å²) in [6.07, 6.45) is -9.12. The zero-order chi connectivity index (χ0) is 21.6. The van der Waals surface area contributed by atoms with E-state index in [1.165, 1.54) is 19.2 Å². The summed E-state index contributed by atoms with van der Waals surface area (Å²) in [4.78, 5) is 11.0. The van der Waals surface area contributed by atoms with Crippen LogP contribution in [0.2, 0.25) is 0 Å². The van der Waals surface area contributed by atoms with E-state index >= 15 is 0 Å². The average Bonchev–Trinajstić information content (AvgIpc) is 2.60. The molecular formula is C18H21F7O3. The molecule has 0 aliphatic rings. The normalized spacial score (nSPS) is 14.0. The summed E-state index contributed by atoms with van der Waals surface area (Å²) in [5.41, 5.74) is 1.17. The topological polar surface area (TPSA) is 46.5 Å². The van der Waals surface area contributed by atoms with E-state index in [0.717, 1.165) is 5.56 Å². The lowest BCUT2D eigenvalue weighted by Gasteiger charge is -2.28. The Balaban J connectivity index is 2.53. The third-order valence-corrected chi connectivity index (χ3v) is 4.22. The molecule has 0 saturated carbocycles. The van der Waals surface area contributed by atoms with Crippen LogP contribution in [0.1, 0.15) is 49.3 Å². The second-order valence-electron chi connectivity index (χ2n) is 6.36. The Bertz CT molecular complexity index is 627. The first kappa shape index (κ1) is 24.2. The van der Waals surface area contributed by atoms with Gasteiger partial charge in [0.05, 0.1) is 13.2 Å². The number of aliphatic hydroxyl groups is 1. The van der Waals surface area contributed by atoms with Crippen LogP contribution in [0.25, 0.3) is 0 Å². The maximum Gasteiger partial charge on any atom is 0.459 e. The van der Waals surface area contributed by atoms with Gasteiger partial charge in [-0.25, -0.2) is 0 Å². The molecule has 0 aromatic heterocycles. The molecule has 1 aromatic rings. The van der Waals surface area contributed by atoms with Crippen LogP contribution < -0.4 is 0 Å². The van der Waals surface area contributed by atoms with Crippen LogP contribution in [-0.4, -0.2) is 36.2 Å². The molecule has 0 aliphatic carbocycles. The highest BCUT2D eigenvalue weighted by molar-refractivity contribution is 5.69. The van der Waals surface area contributed by atoms with E-state index in [0.29, 0.717) is 18.4 Å². The van der Waals surface area contributed by atoms with Gasteiger partial charge in [-0.3, -0.25) is 4.79 Å². The summed E-state index contributed by atoms with van der Waals surface area (Å²) >= 11 is 0. The molecule has 0 saturated heterocycles. The van der Waals surface area contributed by atoms with Crippen LogP contribution in [0.5, 0.6) is 0 Å². The quantitative estimate of drug-likeness (QED) is 0.419. The van der Waals surface area contributed by atoms with Gasteiger partial charge in [-0.2, -0.15) is 30.7 Å². The number of carbonyl (C=O) groups is 1. The number of benzene rings is 1. The van der Waals surface area contributed by atoms with Gasteiger partial charge >= 0.3 is 24.0 Å². The number of alkyl halides is 7. The second kappa shape index (κ2) is 9.58. The standard InChI is InChI=1S/C18H21F7O3/c1-28-15(27)6-2-4-12-7-9-13(10-8-12)14(26)5-3-11-16(19,20)17(21,22)18(23,24)25/h7-10,14,26H,2-6,11H2,1H3. The fourth-order valence-electron chi connectivity index (χ4n) is 2.49. The molecule has 0 amide bonds. The molecule has 10 heteroatoms. The van der Waals surface area contributed by atoms with Crippen LogP contribution in [-0.2, 0) is 16.0 Å². The van der Waals surface area contributed by atoms with Gasteiger partial charge in [-0.15, -0.1) is 0 Å². The molecule has 1 unspecified atom stereocenters. The first-order valence-corrected chi connectivity index (χ1v) is 8.48. The molecule has 3 nitrogen and oxygen atoms in total. The molecular weight excluding hydrogens is 397 g/mol. The zero-order valence-corrected chi connectivity index (χ0v) is 15.0. The maximum atomic E-state index is 13.2. The minimum absolute atomic E-state index is 0.234. The number of hydrogen-bond acceptors (Lipinski definition) is 3. The van der Waals surface area contributed by atoms with Crippen molar-refractivity contribution in [2.75, 3.05) is 7.11 Å². The fraction of sp³-hybridized carbons (Fsp3) is 0.611. The number of rotatable bonds is 10. The van der Waals surface area contributed by atoms with Gasteiger partial charge in [0.2, 0.25) is 0 Å². The monoisotopic (exact) mass is 418 g/mol. The number of ether oxygens (including phenoxy) is 1. The first-order chi connectivity index (χ1) is 12.8. The lowest BCUT2D eigenvalue weighted by Crippen LogP contribution is -2.51. The maximum absolute atomic E-state index is 13.2. The SMILES string of the molecule is COC(=O)CCCc1ccc(C(O)CCCC(F)(F)C(F)(F)C(F)(F)F)cc1. The highest BCUT2D eigenvalue weighted by Gasteiger charge is 2.72. The molecule has 0 spiro atoms. The van der Waals surface area contributed by atoms with Crippen LogP contribution in [0.4, 0.5) is 30.7 Å². The summed E-state index contributed by atoms with van der Waals surface area (Å²) in [5.74, 6) is -11.7. The van der Waals surface area contributed by atoms with Crippen LogP contribution >= 0.6 is 0 Å². The molecule has 28 heavy (non-hydrogen) atoms. The van der Waals surface area contributed by atoms with E-state index in [9.17, 15) is 40.6 Å². The van der Waals surface area contributed by atoms with E-state index in [1.807, 2.05) is 0 Å². The van der Waals surface area contributed by atoms with E-state index < -0.39 is 43.4 Å². The third kappa shape index (κ3) is 6.35. The van der Waals surface area contributed by atoms with E-state index in [2.05, 4.69) is 4.74 Å². The lowest BCUT2D eigenvalue weighted by molar-refractivity contribution is -0.355. The van der Waals surface area contributed by atoms with Crippen molar-refractivity contribution < 1.29 is 45.4 Å². The Hall–Kier alpha value is -1.84. The van der Waals surface area contributed by atoms with Crippen molar-refractivity contribution in [3.8, 4) is 0 Å². The minimum Gasteiger partial charge on any atom is -0.469 e. The van der Waals surface area contributed by atoms with Gasteiger partial charge in [-0.1, -0.05) is 24.3 Å². The molecule has 1 N–H and O–H groups in total. The average molecular weight is 418 g/mol. The lowest BCUT2D eigenvalue weighted by atomic mass is 9.98. The Labute approximate surface area is 157 Å². The van der Waals surface area contributed by atoms with Gasteiger partial charge in [0, 0.05) is 12.8 Å². The van der Waals surface area contributed by atoms with E-state index in [1.54, 1.807) is 12.1 Å². The highest BCUT2D eigenvalue weighted by Crippen LogP contribution is 2.48. The van der Waals surface area contributed by atoms with Crippen LogP contribution in [0.15, 0.2) is 24.3 Å². The first-order valence-electron chi connectivity index (χ1n) is 8.48. The highest BCUT2D eigenvalue weighted by atomic mass is 19.4. The van der Waals surface area contributed by atoms with Gasteiger partial charge in [0.1, 0.15) is 0 Å². The Morgan fingerprint density at radius 1 is 1.04 bits per heavy atom. The number of aryl methyl sites for hydroxylation is 1. The number of aliphatic hydroxyl groups excluding tert-OH is 1. The predicted molar refractivity (Wildman–Crippen MR) is 86.2 cm³/mol. The van der Waals surface area contributed by atoms with Gasteiger partial charge in [-0.05, 0) is 36.8 Å². The third-order valence-electron chi connectivity index (χ3n) is 4.22. The molecule has 0 heterocycles. The van der Waals surface area contributed by atoms with E-state index in [4.69, 9.17) is 0 Å². The summed E-state index contributed by atoms with van der Waals surface area (Å²) in [7, 11) is 1.28. The second-order valence-corrected chi connectivity index (χ2v) is 6.36. The van der Waals surface area contributed by atoms with Gasteiger partial charge in [0.15, 0.2) is 0 Å². The molecule has 0 aliphatic heterocycles. The van der Waals surface area contributed by atoms with Gasteiger partial charge in [0.25, 0.3) is 0 Å².